The van der Waals surface area contributed by atoms with Crippen molar-refractivity contribution in [3.8, 4) is 5.75 Å². The summed E-state index contributed by atoms with van der Waals surface area (Å²) in [5, 5.41) is 5.16. The third-order valence-corrected chi connectivity index (χ3v) is 5.52. The first-order valence-corrected chi connectivity index (χ1v) is 11.9. The third-order valence-electron chi connectivity index (χ3n) is 5.09. The highest BCUT2D eigenvalue weighted by atomic mass is 32.2. The average molecular weight is 456 g/mol. The molecule has 32 heavy (non-hydrogen) atoms. The van der Waals surface area contributed by atoms with Crippen molar-refractivity contribution in [2.24, 2.45) is 11.6 Å². The lowest BCUT2D eigenvalue weighted by Crippen LogP contribution is -2.25. The van der Waals surface area contributed by atoms with E-state index in [9.17, 15) is 0 Å². The molecule has 0 unspecified atom stereocenters. The van der Waals surface area contributed by atoms with Crippen molar-refractivity contribution < 1.29 is 4.74 Å². The standard InChI is InChI=1S/C25H37N5OS/c1-8-9-20(18-11-10-17(2)23(14-18)30(27)13-12-26)28-21-15-19(25(3,4)5)16-22(29-32-7)24(21)31-6/h9-16,28-29H,8,26-27H2,1-7H3/b13-12-,20-9-. The number of benzene rings is 2. The molecule has 6 N–H and O–H groups in total. The molecule has 0 saturated carbocycles. The minimum atomic E-state index is -0.0161. The van der Waals surface area contributed by atoms with Crippen LogP contribution in [0.4, 0.5) is 17.1 Å². The van der Waals surface area contributed by atoms with Crippen LogP contribution in [0.3, 0.4) is 0 Å². The fourth-order valence-electron chi connectivity index (χ4n) is 3.38. The Morgan fingerprint density at radius 3 is 2.44 bits per heavy atom. The number of allylic oxidation sites excluding steroid dienone is 1. The number of methoxy groups -OCH3 is 1. The van der Waals surface area contributed by atoms with Gasteiger partial charge in [0, 0.05) is 24.4 Å². The third kappa shape index (κ3) is 6.14. The van der Waals surface area contributed by atoms with Gasteiger partial charge >= 0.3 is 0 Å². The van der Waals surface area contributed by atoms with Crippen LogP contribution in [0.15, 0.2) is 48.8 Å². The van der Waals surface area contributed by atoms with Gasteiger partial charge in [0.05, 0.1) is 24.2 Å². The minimum Gasteiger partial charge on any atom is -0.492 e. The Morgan fingerprint density at radius 1 is 1.19 bits per heavy atom. The summed E-state index contributed by atoms with van der Waals surface area (Å²) in [6, 6.07) is 10.5. The molecule has 0 heterocycles. The van der Waals surface area contributed by atoms with Crippen molar-refractivity contribution >= 4 is 34.7 Å². The Balaban J connectivity index is 2.60. The molecule has 0 amide bonds. The molecule has 174 valence electrons. The largest absolute Gasteiger partial charge is 0.492 e. The van der Waals surface area contributed by atoms with Gasteiger partial charge in [0.25, 0.3) is 0 Å². The highest BCUT2D eigenvalue weighted by molar-refractivity contribution is 7.99. The predicted octanol–water partition coefficient (Wildman–Crippen LogP) is 5.96. The summed E-state index contributed by atoms with van der Waals surface area (Å²) in [7, 11) is 1.70. The van der Waals surface area contributed by atoms with Gasteiger partial charge in [0.1, 0.15) is 0 Å². The molecule has 0 saturated heterocycles. The summed E-state index contributed by atoms with van der Waals surface area (Å²) >= 11 is 1.54. The van der Waals surface area contributed by atoms with Gasteiger partial charge < -0.3 is 20.5 Å². The lowest BCUT2D eigenvalue weighted by Gasteiger charge is -2.25. The van der Waals surface area contributed by atoms with Crippen LogP contribution in [0.1, 0.15) is 50.8 Å². The molecule has 0 radical (unpaired) electrons. The van der Waals surface area contributed by atoms with E-state index in [1.807, 2.05) is 13.2 Å². The maximum absolute atomic E-state index is 6.16. The number of rotatable bonds is 9. The van der Waals surface area contributed by atoms with Crippen molar-refractivity contribution in [2.75, 3.05) is 28.4 Å². The summed E-state index contributed by atoms with van der Waals surface area (Å²) in [5.41, 5.74) is 12.5. The van der Waals surface area contributed by atoms with Crippen LogP contribution in [-0.4, -0.2) is 13.4 Å². The molecule has 0 fully saturated rings. The first-order valence-electron chi connectivity index (χ1n) is 10.7. The second-order valence-corrected chi connectivity index (χ2v) is 9.17. The van der Waals surface area contributed by atoms with E-state index in [1.165, 1.54) is 16.8 Å². The SMILES string of the molecule is CC/C=C(\Nc1cc(C(C)(C)C)cc(NSC)c1OC)c1ccc(C)c(N(N)/C=C\N)c1. The molecule has 0 aliphatic heterocycles. The van der Waals surface area contributed by atoms with Crippen LogP contribution in [0.25, 0.3) is 5.70 Å². The molecule has 0 bridgehead atoms. The molecule has 0 atom stereocenters. The van der Waals surface area contributed by atoms with Crippen LogP contribution in [-0.2, 0) is 5.41 Å². The number of hydrogen-bond acceptors (Lipinski definition) is 7. The predicted molar refractivity (Wildman–Crippen MR) is 142 cm³/mol. The topological polar surface area (TPSA) is 88.6 Å². The second kappa shape index (κ2) is 11.2. The van der Waals surface area contributed by atoms with Gasteiger partial charge in [-0.2, -0.15) is 0 Å². The Morgan fingerprint density at radius 2 is 1.88 bits per heavy atom. The molecular weight excluding hydrogens is 418 g/mol. The number of hydrazine groups is 1. The molecule has 2 rings (SSSR count). The van der Waals surface area contributed by atoms with Crippen molar-refractivity contribution in [2.45, 2.75) is 46.5 Å². The van der Waals surface area contributed by atoms with Crippen LogP contribution in [0, 0.1) is 6.92 Å². The molecular formula is C25H37N5OS. The fourth-order valence-corrected chi connectivity index (χ4v) is 3.75. The molecule has 0 aliphatic rings. The van der Waals surface area contributed by atoms with Crippen molar-refractivity contribution in [3.05, 3.63) is 65.5 Å². The van der Waals surface area contributed by atoms with E-state index in [0.29, 0.717) is 0 Å². The van der Waals surface area contributed by atoms with Gasteiger partial charge in [-0.15, -0.1) is 0 Å². The van der Waals surface area contributed by atoms with Gasteiger partial charge in [-0.05, 0) is 53.6 Å². The summed E-state index contributed by atoms with van der Waals surface area (Å²) in [6.07, 6.45) is 8.10. The first-order chi connectivity index (χ1) is 15.2. The summed E-state index contributed by atoms with van der Waals surface area (Å²) in [4.78, 5) is 0. The molecule has 2 aromatic carbocycles. The Labute approximate surface area is 197 Å². The minimum absolute atomic E-state index is 0.0161. The van der Waals surface area contributed by atoms with Crippen LogP contribution in [0.5, 0.6) is 5.75 Å². The Bertz CT molecular complexity index is 979. The van der Waals surface area contributed by atoms with Crippen molar-refractivity contribution in [1.82, 2.24) is 0 Å². The molecule has 0 spiro atoms. The number of anilines is 3. The van der Waals surface area contributed by atoms with Gasteiger partial charge in [0.15, 0.2) is 5.75 Å². The summed E-state index contributed by atoms with van der Waals surface area (Å²) < 4.78 is 9.17. The van der Waals surface area contributed by atoms with Gasteiger partial charge in [0.2, 0.25) is 0 Å². The van der Waals surface area contributed by atoms with Crippen LogP contribution in [0.2, 0.25) is 0 Å². The van der Waals surface area contributed by atoms with Crippen molar-refractivity contribution in [3.63, 3.8) is 0 Å². The maximum Gasteiger partial charge on any atom is 0.166 e. The van der Waals surface area contributed by atoms with E-state index in [2.05, 4.69) is 74.1 Å². The molecule has 7 heteroatoms. The maximum atomic E-state index is 6.16. The zero-order valence-corrected chi connectivity index (χ0v) is 21.1. The normalized spacial score (nSPS) is 12.2. The monoisotopic (exact) mass is 455 g/mol. The van der Waals surface area contributed by atoms with E-state index in [0.717, 1.165) is 46.1 Å². The van der Waals surface area contributed by atoms with Crippen LogP contribution >= 0.6 is 11.9 Å². The Kier molecular flexibility index (Phi) is 8.92. The zero-order valence-electron chi connectivity index (χ0n) is 20.2. The number of nitrogens with one attached hydrogen (secondary N) is 2. The molecule has 6 nitrogen and oxygen atoms in total. The smallest absolute Gasteiger partial charge is 0.166 e. The van der Waals surface area contributed by atoms with E-state index in [-0.39, 0.29) is 5.41 Å². The van der Waals surface area contributed by atoms with E-state index in [1.54, 1.807) is 25.3 Å². The van der Waals surface area contributed by atoms with E-state index >= 15 is 0 Å². The van der Waals surface area contributed by atoms with Gasteiger partial charge in [-0.25, -0.2) is 5.84 Å². The van der Waals surface area contributed by atoms with Gasteiger partial charge in [-0.3, -0.25) is 5.01 Å². The number of ether oxygens (including phenoxy) is 1. The first kappa shape index (κ1) is 25.5. The highest BCUT2D eigenvalue weighted by Gasteiger charge is 2.20. The summed E-state index contributed by atoms with van der Waals surface area (Å²) in [5.74, 6) is 6.94. The molecule has 0 aliphatic carbocycles. The molecule has 0 aromatic heterocycles. The van der Waals surface area contributed by atoms with E-state index < -0.39 is 0 Å². The van der Waals surface area contributed by atoms with E-state index in [4.69, 9.17) is 16.3 Å². The summed E-state index contributed by atoms with van der Waals surface area (Å²) in [6.45, 7) is 10.8. The lowest BCUT2D eigenvalue weighted by molar-refractivity contribution is 0.418. The second-order valence-electron chi connectivity index (χ2n) is 8.56. The zero-order chi connectivity index (χ0) is 23.9. The number of nitrogens with two attached hydrogens (primary N) is 2. The van der Waals surface area contributed by atoms with Gasteiger partial charge in [-0.1, -0.05) is 57.9 Å². The van der Waals surface area contributed by atoms with Crippen molar-refractivity contribution in [1.29, 1.82) is 0 Å². The Hall–Kier alpha value is -2.77. The quantitative estimate of drug-likeness (QED) is 0.211. The number of nitrogens with zero attached hydrogens (tertiary/aromatic N) is 1. The number of aryl methyl sites for hydroxylation is 1. The fraction of sp³-hybridized carbons (Fsp3) is 0.360. The molecule has 2 aromatic rings. The van der Waals surface area contributed by atoms with Crippen LogP contribution < -0.4 is 31.4 Å². The number of hydrogen-bond donors (Lipinski definition) is 4. The average Bonchev–Trinajstić information content (AvgIpc) is 2.73. The lowest BCUT2D eigenvalue weighted by atomic mass is 9.86. The highest BCUT2D eigenvalue weighted by Crippen LogP contribution is 2.41.